The molecule has 20 heavy (non-hydrogen) atoms. The van der Waals surface area contributed by atoms with E-state index in [1.807, 2.05) is 24.3 Å². The molecule has 2 aromatic carbocycles. The third kappa shape index (κ3) is 2.26. The maximum absolute atomic E-state index is 11.2. The molecular weight excluding hydrogens is 298 g/mol. The number of nitrogens with zero attached hydrogens (tertiary/aromatic N) is 1. The van der Waals surface area contributed by atoms with Crippen molar-refractivity contribution in [2.45, 2.75) is 4.90 Å². The molecule has 0 aliphatic heterocycles. The number of phenols is 1. The third-order valence-electron chi connectivity index (χ3n) is 2.79. The molecule has 0 aliphatic carbocycles. The van der Waals surface area contributed by atoms with Crippen molar-refractivity contribution in [3.05, 3.63) is 42.5 Å². The van der Waals surface area contributed by atoms with Gasteiger partial charge in [0.15, 0.2) is 0 Å². The highest BCUT2D eigenvalue weighted by Crippen LogP contribution is 2.36. The Kier molecular flexibility index (Phi) is 2.97. The van der Waals surface area contributed by atoms with Crippen LogP contribution in [-0.2, 0) is 10.1 Å². The van der Waals surface area contributed by atoms with E-state index in [1.54, 1.807) is 0 Å². The highest BCUT2D eigenvalue weighted by atomic mass is 32.2. The van der Waals surface area contributed by atoms with E-state index < -0.39 is 10.1 Å². The Hall–Kier alpha value is -1.96. The Morgan fingerprint density at radius 3 is 2.55 bits per heavy atom. The molecule has 0 spiro atoms. The molecule has 0 bridgehead atoms. The first-order valence-electron chi connectivity index (χ1n) is 5.61. The second kappa shape index (κ2) is 4.55. The van der Waals surface area contributed by atoms with E-state index in [0.29, 0.717) is 5.01 Å². The standard InChI is InChI=1S/C13H9NO4S2/c15-11-6-5-8(20(16,17)18)7-9(11)13-14-10-3-1-2-4-12(10)19-13/h1-7,15H,(H,16,17,18). The molecule has 2 N–H and O–H groups in total. The van der Waals surface area contributed by atoms with Crippen LogP contribution in [0.25, 0.3) is 20.8 Å². The molecule has 5 nitrogen and oxygen atoms in total. The second-order valence-corrected chi connectivity index (χ2v) is 6.59. The quantitative estimate of drug-likeness (QED) is 0.711. The normalized spacial score (nSPS) is 11.8. The first-order valence-corrected chi connectivity index (χ1v) is 7.87. The summed E-state index contributed by atoms with van der Waals surface area (Å²) in [5, 5.41) is 10.4. The molecule has 0 aliphatic rings. The molecule has 7 heteroatoms. The van der Waals surface area contributed by atoms with Gasteiger partial charge in [-0.1, -0.05) is 12.1 Å². The predicted molar refractivity (Wildman–Crippen MR) is 76.5 cm³/mol. The van der Waals surface area contributed by atoms with E-state index in [4.69, 9.17) is 4.55 Å². The number of hydrogen-bond acceptors (Lipinski definition) is 5. The predicted octanol–water partition coefficient (Wildman–Crippen LogP) is 2.92. The van der Waals surface area contributed by atoms with Crippen molar-refractivity contribution in [1.82, 2.24) is 4.98 Å². The molecule has 0 unspecified atom stereocenters. The molecule has 0 fully saturated rings. The van der Waals surface area contributed by atoms with Gasteiger partial charge in [0, 0.05) is 0 Å². The van der Waals surface area contributed by atoms with Crippen molar-refractivity contribution < 1.29 is 18.1 Å². The summed E-state index contributed by atoms with van der Waals surface area (Å²) in [6.45, 7) is 0. The largest absolute Gasteiger partial charge is 0.507 e. The van der Waals surface area contributed by atoms with Gasteiger partial charge < -0.3 is 5.11 Å². The van der Waals surface area contributed by atoms with Gasteiger partial charge in [-0.15, -0.1) is 11.3 Å². The van der Waals surface area contributed by atoms with Crippen LogP contribution < -0.4 is 0 Å². The fraction of sp³-hybridized carbons (Fsp3) is 0. The molecule has 0 radical (unpaired) electrons. The molecular formula is C13H9NO4S2. The number of aromatic hydroxyl groups is 1. The smallest absolute Gasteiger partial charge is 0.294 e. The van der Waals surface area contributed by atoms with Crippen molar-refractivity contribution in [2.24, 2.45) is 0 Å². The summed E-state index contributed by atoms with van der Waals surface area (Å²) in [6.07, 6.45) is 0. The molecule has 0 amide bonds. The van der Waals surface area contributed by atoms with E-state index in [-0.39, 0.29) is 16.2 Å². The van der Waals surface area contributed by atoms with E-state index in [1.165, 1.54) is 23.5 Å². The van der Waals surface area contributed by atoms with Crippen LogP contribution in [0.3, 0.4) is 0 Å². The Labute approximate surface area is 118 Å². The summed E-state index contributed by atoms with van der Waals surface area (Å²) >= 11 is 1.34. The molecule has 1 aromatic heterocycles. The first-order chi connectivity index (χ1) is 9.45. The van der Waals surface area contributed by atoms with Crippen LogP contribution in [0.4, 0.5) is 0 Å². The zero-order valence-corrected chi connectivity index (χ0v) is 11.6. The zero-order valence-electron chi connectivity index (χ0n) is 10.0. The summed E-state index contributed by atoms with van der Waals surface area (Å²) in [5.74, 6) is -0.0866. The summed E-state index contributed by atoms with van der Waals surface area (Å²) in [6, 6.07) is 11.0. The second-order valence-electron chi connectivity index (χ2n) is 4.14. The van der Waals surface area contributed by atoms with Crippen LogP contribution in [0, 0.1) is 0 Å². The van der Waals surface area contributed by atoms with Crippen LogP contribution in [0.2, 0.25) is 0 Å². The van der Waals surface area contributed by atoms with E-state index >= 15 is 0 Å². The number of rotatable bonds is 2. The summed E-state index contributed by atoms with van der Waals surface area (Å²) in [5.41, 5.74) is 1.05. The van der Waals surface area contributed by atoms with Gasteiger partial charge in [-0.3, -0.25) is 4.55 Å². The van der Waals surface area contributed by atoms with Crippen LogP contribution in [0.15, 0.2) is 47.4 Å². The topological polar surface area (TPSA) is 87.5 Å². The SMILES string of the molecule is O=S(=O)(O)c1ccc(O)c(-c2nc3ccccc3s2)c1. The molecule has 0 atom stereocenters. The lowest BCUT2D eigenvalue weighted by molar-refractivity contribution is 0.474. The molecule has 3 aromatic rings. The van der Waals surface area contributed by atoms with Gasteiger partial charge in [0.1, 0.15) is 10.8 Å². The van der Waals surface area contributed by atoms with Gasteiger partial charge in [-0.25, -0.2) is 4.98 Å². The van der Waals surface area contributed by atoms with Crippen LogP contribution in [0.1, 0.15) is 0 Å². The molecule has 1 heterocycles. The number of benzene rings is 2. The lowest BCUT2D eigenvalue weighted by atomic mass is 10.2. The zero-order chi connectivity index (χ0) is 14.3. The Morgan fingerprint density at radius 2 is 1.85 bits per heavy atom. The van der Waals surface area contributed by atoms with Gasteiger partial charge in [0.2, 0.25) is 0 Å². The Bertz CT molecular complexity index is 867. The minimum atomic E-state index is -4.31. The molecule has 3 rings (SSSR count). The number of thiazole rings is 1. The number of phenolic OH excluding ortho intramolecular Hbond substituents is 1. The van der Waals surface area contributed by atoms with Crippen molar-refractivity contribution in [3.63, 3.8) is 0 Å². The third-order valence-corrected chi connectivity index (χ3v) is 4.71. The lowest BCUT2D eigenvalue weighted by Gasteiger charge is -2.03. The maximum atomic E-state index is 11.2. The van der Waals surface area contributed by atoms with Crippen LogP contribution in [0.5, 0.6) is 5.75 Å². The highest BCUT2D eigenvalue weighted by molar-refractivity contribution is 7.85. The van der Waals surface area contributed by atoms with Crippen molar-refractivity contribution in [3.8, 4) is 16.3 Å². The van der Waals surface area contributed by atoms with Crippen molar-refractivity contribution >= 4 is 31.7 Å². The number of fused-ring (bicyclic) bond motifs is 1. The first kappa shape index (κ1) is 13.0. The van der Waals surface area contributed by atoms with Gasteiger partial charge >= 0.3 is 0 Å². The van der Waals surface area contributed by atoms with Gasteiger partial charge in [0.25, 0.3) is 10.1 Å². The number of para-hydroxylation sites is 1. The fourth-order valence-corrected chi connectivity index (χ4v) is 3.33. The van der Waals surface area contributed by atoms with E-state index in [9.17, 15) is 13.5 Å². The monoisotopic (exact) mass is 307 g/mol. The van der Waals surface area contributed by atoms with Crippen LogP contribution in [-0.4, -0.2) is 23.1 Å². The maximum Gasteiger partial charge on any atom is 0.294 e. The summed E-state index contributed by atoms with van der Waals surface area (Å²) in [7, 11) is -4.31. The minimum Gasteiger partial charge on any atom is -0.507 e. The minimum absolute atomic E-state index is 0.0866. The number of aromatic nitrogens is 1. The molecule has 102 valence electrons. The Morgan fingerprint density at radius 1 is 1.10 bits per heavy atom. The van der Waals surface area contributed by atoms with E-state index in [0.717, 1.165) is 16.3 Å². The lowest BCUT2D eigenvalue weighted by Crippen LogP contribution is -1.97. The van der Waals surface area contributed by atoms with Crippen molar-refractivity contribution in [1.29, 1.82) is 0 Å². The fourth-order valence-electron chi connectivity index (χ4n) is 1.83. The van der Waals surface area contributed by atoms with Crippen molar-refractivity contribution in [2.75, 3.05) is 0 Å². The molecule has 0 saturated carbocycles. The highest BCUT2D eigenvalue weighted by Gasteiger charge is 2.16. The van der Waals surface area contributed by atoms with Gasteiger partial charge in [-0.05, 0) is 30.3 Å². The summed E-state index contributed by atoms with van der Waals surface area (Å²) < 4.78 is 32.3. The van der Waals surface area contributed by atoms with Gasteiger partial charge in [0.05, 0.1) is 20.7 Å². The average molecular weight is 307 g/mol. The number of hydrogen-bond donors (Lipinski definition) is 2. The van der Waals surface area contributed by atoms with Crippen LogP contribution >= 0.6 is 11.3 Å². The average Bonchev–Trinajstić information content (AvgIpc) is 2.81. The molecule has 0 saturated heterocycles. The Balaban J connectivity index is 2.23. The summed E-state index contributed by atoms with van der Waals surface area (Å²) in [4.78, 5) is 4.08. The van der Waals surface area contributed by atoms with E-state index in [2.05, 4.69) is 4.98 Å². The van der Waals surface area contributed by atoms with Gasteiger partial charge in [-0.2, -0.15) is 8.42 Å².